The van der Waals surface area contributed by atoms with E-state index in [0.717, 1.165) is 5.39 Å². The van der Waals surface area contributed by atoms with Crippen molar-refractivity contribution in [3.8, 4) is 5.75 Å². The highest BCUT2D eigenvalue weighted by molar-refractivity contribution is 6.37. The van der Waals surface area contributed by atoms with Gasteiger partial charge in [-0.2, -0.15) is 5.10 Å². The fourth-order valence-corrected chi connectivity index (χ4v) is 3.94. The van der Waals surface area contributed by atoms with Crippen LogP contribution in [0.2, 0.25) is 10.0 Å². The molecule has 4 rings (SSSR count). The lowest BCUT2D eigenvalue weighted by atomic mass is 10.0. The van der Waals surface area contributed by atoms with Gasteiger partial charge in [0, 0.05) is 10.7 Å². The van der Waals surface area contributed by atoms with Crippen LogP contribution in [0.1, 0.15) is 33.2 Å². The van der Waals surface area contributed by atoms with Gasteiger partial charge >= 0.3 is 0 Å². The Balaban J connectivity index is 1.52. The number of nitrogens with zero attached hydrogens (tertiary/aromatic N) is 1. The van der Waals surface area contributed by atoms with Gasteiger partial charge in [0.15, 0.2) is 0 Å². The molecular weight excluding hydrogens is 473 g/mol. The van der Waals surface area contributed by atoms with Crippen molar-refractivity contribution in [2.24, 2.45) is 5.10 Å². The molecule has 0 aromatic heterocycles. The first-order chi connectivity index (χ1) is 16.3. The lowest BCUT2D eigenvalue weighted by Crippen LogP contribution is -2.20. The number of anilines is 1. The average Bonchev–Trinajstić information content (AvgIpc) is 2.82. The van der Waals surface area contributed by atoms with Gasteiger partial charge in [0.1, 0.15) is 5.75 Å². The van der Waals surface area contributed by atoms with E-state index in [1.807, 2.05) is 12.1 Å². The van der Waals surface area contributed by atoms with Crippen LogP contribution in [-0.2, 0) is 0 Å². The maximum atomic E-state index is 12.8. The van der Waals surface area contributed by atoms with Crippen LogP contribution in [0.5, 0.6) is 5.75 Å². The highest BCUT2D eigenvalue weighted by Crippen LogP contribution is 2.27. The zero-order chi connectivity index (χ0) is 24.2. The maximum Gasteiger partial charge on any atom is 0.275 e. The Hall–Kier alpha value is -3.87. The van der Waals surface area contributed by atoms with Gasteiger partial charge in [-0.15, -0.1) is 0 Å². The molecule has 0 spiro atoms. The summed E-state index contributed by atoms with van der Waals surface area (Å²) in [5.41, 5.74) is 4.66. The van der Waals surface area contributed by atoms with Gasteiger partial charge < -0.3 is 10.4 Å². The standard InChI is InChI=1S/C26H19Cl2N3O3/c1-15(30-31-26(34)24-20-8-3-2-5-16(20)9-12-23(24)32)17-6-4-7-19(13-17)29-25(33)21-11-10-18(27)14-22(21)28/h2-14,32H,1H3,(H,29,33)(H,31,34). The fraction of sp³-hybridized carbons (Fsp3) is 0.0385. The molecule has 8 heteroatoms. The number of halogens is 2. The summed E-state index contributed by atoms with van der Waals surface area (Å²) in [4.78, 5) is 25.4. The zero-order valence-corrected chi connectivity index (χ0v) is 19.5. The molecule has 0 unspecified atom stereocenters. The van der Waals surface area contributed by atoms with Crippen molar-refractivity contribution in [2.75, 3.05) is 5.32 Å². The summed E-state index contributed by atoms with van der Waals surface area (Å²) >= 11 is 12.0. The van der Waals surface area contributed by atoms with Crippen LogP contribution in [0.3, 0.4) is 0 Å². The molecule has 4 aromatic rings. The number of nitrogens with one attached hydrogen (secondary N) is 2. The van der Waals surface area contributed by atoms with Crippen molar-refractivity contribution in [2.45, 2.75) is 6.92 Å². The van der Waals surface area contributed by atoms with Crippen molar-refractivity contribution in [3.63, 3.8) is 0 Å². The SMILES string of the molecule is CC(=NNC(=O)c1c(O)ccc2ccccc12)c1cccc(NC(=O)c2ccc(Cl)cc2Cl)c1. The molecule has 4 aromatic carbocycles. The quantitative estimate of drug-likeness (QED) is 0.227. The van der Waals surface area contributed by atoms with E-state index in [0.29, 0.717) is 32.9 Å². The van der Waals surface area contributed by atoms with E-state index in [9.17, 15) is 14.7 Å². The Labute approximate surface area is 205 Å². The monoisotopic (exact) mass is 491 g/mol. The second-order valence-corrected chi connectivity index (χ2v) is 8.32. The van der Waals surface area contributed by atoms with E-state index in [2.05, 4.69) is 15.8 Å². The van der Waals surface area contributed by atoms with E-state index in [4.69, 9.17) is 23.2 Å². The number of carbonyl (C=O) groups excluding carboxylic acids is 2. The number of hydrogen-bond acceptors (Lipinski definition) is 4. The summed E-state index contributed by atoms with van der Waals surface area (Å²) < 4.78 is 0. The molecule has 0 bridgehead atoms. The number of rotatable bonds is 5. The minimum absolute atomic E-state index is 0.130. The second-order valence-electron chi connectivity index (χ2n) is 7.48. The number of amides is 2. The molecule has 0 aliphatic heterocycles. The molecule has 0 heterocycles. The van der Waals surface area contributed by atoms with Gasteiger partial charge in [-0.1, -0.05) is 65.7 Å². The number of phenols is 1. The van der Waals surface area contributed by atoms with Crippen molar-refractivity contribution in [1.82, 2.24) is 5.43 Å². The molecule has 170 valence electrons. The number of fused-ring (bicyclic) bond motifs is 1. The zero-order valence-electron chi connectivity index (χ0n) is 18.0. The lowest BCUT2D eigenvalue weighted by Gasteiger charge is -2.10. The number of phenolic OH excluding ortho intramolecular Hbond substituents is 1. The summed E-state index contributed by atoms with van der Waals surface area (Å²) in [7, 11) is 0. The molecule has 0 aliphatic carbocycles. The largest absolute Gasteiger partial charge is 0.507 e. The molecule has 3 N–H and O–H groups in total. The molecule has 0 saturated heterocycles. The summed E-state index contributed by atoms with van der Waals surface area (Å²) in [5.74, 6) is -1.04. The third kappa shape index (κ3) is 5.03. The number of hydrazone groups is 1. The number of hydrogen-bond donors (Lipinski definition) is 3. The van der Waals surface area contributed by atoms with E-state index in [1.165, 1.54) is 12.1 Å². The van der Waals surface area contributed by atoms with Crippen LogP contribution in [0.15, 0.2) is 84.0 Å². The Kier molecular flexibility index (Phi) is 6.82. The Morgan fingerprint density at radius 1 is 0.882 bits per heavy atom. The summed E-state index contributed by atoms with van der Waals surface area (Å²) in [6.07, 6.45) is 0. The van der Waals surface area contributed by atoms with Crippen molar-refractivity contribution < 1.29 is 14.7 Å². The van der Waals surface area contributed by atoms with Crippen LogP contribution in [0.25, 0.3) is 10.8 Å². The van der Waals surface area contributed by atoms with Gasteiger partial charge in [-0.05, 0) is 59.7 Å². The first-order valence-electron chi connectivity index (χ1n) is 10.3. The van der Waals surface area contributed by atoms with E-state index in [1.54, 1.807) is 61.5 Å². The Bertz CT molecular complexity index is 1450. The predicted octanol–water partition coefficient (Wildman–Crippen LogP) is 6.26. The van der Waals surface area contributed by atoms with Crippen molar-refractivity contribution in [3.05, 3.63) is 106 Å². The normalized spacial score (nSPS) is 11.3. The molecular formula is C26H19Cl2N3O3. The van der Waals surface area contributed by atoms with Crippen LogP contribution >= 0.6 is 23.2 Å². The van der Waals surface area contributed by atoms with Gasteiger partial charge in [0.05, 0.1) is 21.9 Å². The number of benzene rings is 4. The van der Waals surface area contributed by atoms with Gasteiger partial charge in [-0.3, -0.25) is 9.59 Å². The second kappa shape index (κ2) is 9.95. The summed E-state index contributed by atoms with van der Waals surface area (Å²) in [5, 5.41) is 19.4. The van der Waals surface area contributed by atoms with Crippen LogP contribution < -0.4 is 10.7 Å². The molecule has 0 fully saturated rings. The van der Waals surface area contributed by atoms with Gasteiger partial charge in [0.2, 0.25) is 0 Å². The average molecular weight is 492 g/mol. The smallest absolute Gasteiger partial charge is 0.275 e. The molecule has 34 heavy (non-hydrogen) atoms. The van der Waals surface area contributed by atoms with Crippen LogP contribution in [-0.4, -0.2) is 22.6 Å². The highest BCUT2D eigenvalue weighted by atomic mass is 35.5. The molecule has 2 amide bonds. The Morgan fingerprint density at radius 2 is 1.68 bits per heavy atom. The highest BCUT2D eigenvalue weighted by Gasteiger charge is 2.15. The first kappa shape index (κ1) is 23.3. The van der Waals surface area contributed by atoms with Crippen LogP contribution in [0, 0.1) is 0 Å². The molecule has 0 radical (unpaired) electrons. The van der Waals surface area contributed by atoms with Crippen molar-refractivity contribution in [1.29, 1.82) is 0 Å². The summed E-state index contributed by atoms with van der Waals surface area (Å²) in [6.45, 7) is 1.72. The van der Waals surface area contributed by atoms with Crippen molar-refractivity contribution >= 4 is 57.2 Å². The van der Waals surface area contributed by atoms with Gasteiger partial charge in [0.25, 0.3) is 11.8 Å². The fourth-order valence-electron chi connectivity index (χ4n) is 3.45. The minimum Gasteiger partial charge on any atom is -0.507 e. The van der Waals surface area contributed by atoms with E-state index in [-0.39, 0.29) is 22.2 Å². The van der Waals surface area contributed by atoms with E-state index < -0.39 is 5.91 Å². The lowest BCUT2D eigenvalue weighted by molar-refractivity contribution is 0.0953. The van der Waals surface area contributed by atoms with E-state index >= 15 is 0 Å². The number of aromatic hydroxyl groups is 1. The maximum absolute atomic E-state index is 12.8. The molecule has 6 nitrogen and oxygen atoms in total. The molecule has 0 atom stereocenters. The molecule has 0 saturated carbocycles. The summed E-state index contributed by atoms with van der Waals surface area (Å²) in [6, 6.07) is 22.1. The predicted molar refractivity (Wildman–Crippen MR) is 136 cm³/mol. The number of carbonyl (C=O) groups is 2. The third-order valence-corrected chi connectivity index (χ3v) is 5.72. The Morgan fingerprint density at radius 3 is 2.47 bits per heavy atom. The molecule has 0 aliphatic rings. The topological polar surface area (TPSA) is 90.8 Å². The third-order valence-electron chi connectivity index (χ3n) is 5.17. The van der Waals surface area contributed by atoms with Crippen LogP contribution in [0.4, 0.5) is 5.69 Å². The minimum atomic E-state index is -0.532. The first-order valence-corrected chi connectivity index (χ1v) is 11.0. The van der Waals surface area contributed by atoms with Gasteiger partial charge in [-0.25, -0.2) is 5.43 Å².